The van der Waals surface area contributed by atoms with Gasteiger partial charge in [0.1, 0.15) is 5.75 Å². The quantitative estimate of drug-likeness (QED) is 0.695. The third-order valence-corrected chi connectivity index (χ3v) is 5.82. The normalized spacial score (nSPS) is 16.2. The summed E-state index contributed by atoms with van der Waals surface area (Å²) in [6.45, 7) is 3.51. The molecular formula is C21H27NOS. The highest BCUT2D eigenvalue weighted by Crippen LogP contribution is 2.26. The lowest BCUT2D eigenvalue weighted by molar-refractivity contribution is 0.176. The first-order valence-electron chi connectivity index (χ1n) is 8.75. The van der Waals surface area contributed by atoms with E-state index in [2.05, 4.69) is 59.7 Å². The van der Waals surface area contributed by atoms with Crippen LogP contribution in [0.5, 0.6) is 5.75 Å². The van der Waals surface area contributed by atoms with Crippen molar-refractivity contribution in [2.24, 2.45) is 5.92 Å². The van der Waals surface area contributed by atoms with Crippen LogP contribution in [-0.2, 0) is 13.0 Å². The molecule has 1 saturated heterocycles. The van der Waals surface area contributed by atoms with E-state index in [1.807, 2.05) is 11.8 Å². The first-order valence-corrected chi connectivity index (χ1v) is 9.98. The van der Waals surface area contributed by atoms with Gasteiger partial charge in [0, 0.05) is 11.4 Å². The zero-order chi connectivity index (χ0) is 16.8. The van der Waals surface area contributed by atoms with E-state index in [0.29, 0.717) is 0 Å². The van der Waals surface area contributed by atoms with Crippen LogP contribution in [0.15, 0.2) is 53.4 Å². The Bertz CT molecular complexity index is 633. The van der Waals surface area contributed by atoms with E-state index in [9.17, 15) is 0 Å². The van der Waals surface area contributed by atoms with Crippen molar-refractivity contribution >= 4 is 11.8 Å². The average molecular weight is 342 g/mol. The van der Waals surface area contributed by atoms with E-state index in [-0.39, 0.29) is 0 Å². The van der Waals surface area contributed by atoms with Crippen LogP contribution in [0.3, 0.4) is 0 Å². The molecule has 0 amide bonds. The number of methoxy groups -OCH3 is 1. The molecule has 1 aliphatic heterocycles. The highest BCUT2D eigenvalue weighted by Gasteiger charge is 2.20. The number of piperidine rings is 1. The standard InChI is InChI=1S/C21H27NOS/c1-23-20-9-7-17(8-10-20)15-18-11-13-22(14-12-18)16-19-5-3-4-6-21(19)24-2/h3-10,18H,11-16H2,1-2H3. The Balaban J connectivity index is 1.50. The number of thioether (sulfide) groups is 1. The molecule has 3 heteroatoms. The third-order valence-electron chi connectivity index (χ3n) is 4.98. The summed E-state index contributed by atoms with van der Waals surface area (Å²) in [4.78, 5) is 4.03. The second-order valence-corrected chi connectivity index (χ2v) is 7.43. The van der Waals surface area contributed by atoms with Gasteiger partial charge in [0.15, 0.2) is 0 Å². The molecule has 0 aromatic heterocycles. The predicted octanol–water partition coefficient (Wildman–Crippen LogP) is 4.87. The van der Waals surface area contributed by atoms with E-state index in [4.69, 9.17) is 4.74 Å². The van der Waals surface area contributed by atoms with Gasteiger partial charge >= 0.3 is 0 Å². The van der Waals surface area contributed by atoms with Gasteiger partial charge < -0.3 is 4.74 Å². The van der Waals surface area contributed by atoms with Crippen LogP contribution in [0.1, 0.15) is 24.0 Å². The lowest BCUT2D eigenvalue weighted by atomic mass is 9.90. The molecule has 0 unspecified atom stereocenters. The molecule has 0 bridgehead atoms. The predicted molar refractivity (Wildman–Crippen MR) is 103 cm³/mol. The third kappa shape index (κ3) is 4.55. The molecular weight excluding hydrogens is 314 g/mol. The largest absolute Gasteiger partial charge is 0.497 e. The maximum absolute atomic E-state index is 5.24. The number of nitrogens with zero attached hydrogens (tertiary/aromatic N) is 1. The zero-order valence-corrected chi connectivity index (χ0v) is 15.5. The SMILES string of the molecule is COc1ccc(CC2CCN(Cc3ccccc3SC)CC2)cc1. The van der Waals surface area contributed by atoms with Crippen LogP contribution in [-0.4, -0.2) is 31.4 Å². The molecule has 0 atom stereocenters. The van der Waals surface area contributed by atoms with E-state index in [0.717, 1.165) is 18.2 Å². The molecule has 0 aliphatic carbocycles. The maximum atomic E-state index is 5.24. The van der Waals surface area contributed by atoms with Gasteiger partial charge in [0.2, 0.25) is 0 Å². The highest BCUT2D eigenvalue weighted by atomic mass is 32.2. The van der Waals surface area contributed by atoms with Crippen molar-refractivity contribution in [3.63, 3.8) is 0 Å². The van der Waals surface area contributed by atoms with Gasteiger partial charge in [-0.05, 0) is 73.9 Å². The van der Waals surface area contributed by atoms with Crippen LogP contribution in [0.2, 0.25) is 0 Å². The Morgan fingerprint density at radius 3 is 2.42 bits per heavy atom. The summed E-state index contributed by atoms with van der Waals surface area (Å²) in [7, 11) is 1.72. The molecule has 0 saturated carbocycles. The smallest absolute Gasteiger partial charge is 0.118 e. The van der Waals surface area contributed by atoms with Gasteiger partial charge in [-0.25, -0.2) is 0 Å². The van der Waals surface area contributed by atoms with Crippen molar-refractivity contribution in [3.05, 3.63) is 59.7 Å². The Morgan fingerprint density at radius 1 is 1.04 bits per heavy atom. The Labute approximate surface area is 150 Å². The molecule has 1 heterocycles. The summed E-state index contributed by atoms with van der Waals surface area (Å²) in [5, 5.41) is 0. The van der Waals surface area contributed by atoms with Crippen LogP contribution < -0.4 is 4.74 Å². The molecule has 24 heavy (non-hydrogen) atoms. The lowest BCUT2D eigenvalue weighted by Gasteiger charge is -2.32. The molecule has 3 rings (SSSR count). The van der Waals surface area contributed by atoms with Gasteiger partial charge in [-0.2, -0.15) is 0 Å². The van der Waals surface area contributed by atoms with Crippen LogP contribution >= 0.6 is 11.8 Å². The molecule has 0 N–H and O–H groups in total. The fourth-order valence-electron chi connectivity index (χ4n) is 3.52. The minimum Gasteiger partial charge on any atom is -0.497 e. The molecule has 1 aliphatic rings. The summed E-state index contributed by atoms with van der Waals surface area (Å²) in [5.74, 6) is 1.76. The first-order chi connectivity index (χ1) is 11.8. The Kier molecular flexibility index (Phi) is 6.22. The second-order valence-electron chi connectivity index (χ2n) is 6.58. The summed E-state index contributed by atoms with van der Waals surface area (Å²) in [6, 6.07) is 17.4. The van der Waals surface area contributed by atoms with Gasteiger partial charge in [0.25, 0.3) is 0 Å². The van der Waals surface area contributed by atoms with E-state index >= 15 is 0 Å². The molecule has 2 aromatic carbocycles. The van der Waals surface area contributed by atoms with E-state index in [1.54, 1.807) is 7.11 Å². The first kappa shape index (κ1) is 17.4. The number of hydrogen-bond donors (Lipinski definition) is 0. The summed E-state index contributed by atoms with van der Waals surface area (Å²) in [6.07, 6.45) is 5.96. The minimum atomic E-state index is 0.811. The summed E-state index contributed by atoms with van der Waals surface area (Å²) < 4.78 is 5.24. The Hall–Kier alpha value is -1.45. The Morgan fingerprint density at radius 2 is 1.75 bits per heavy atom. The monoisotopic (exact) mass is 341 g/mol. The van der Waals surface area contributed by atoms with Crippen molar-refractivity contribution < 1.29 is 4.74 Å². The van der Waals surface area contributed by atoms with Crippen molar-refractivity contribution in [3.8, 4) is 5.75 Å². The fraction of sp³-hybridized carbons (Fsp3) is 0.429. The van der Waals surface area contributed by atoms with Gasteiger partial charge in [-0.15, -0.1) is 11.8 Å². The van der Waals surface area contributed by atoms with Crippen molar-refractivity contribution in [1.29, 1.82) is 0 Å². The number of benzene rings is 2. The molecule has 0 radical (unpaired) electrons. The van der Waals surface area contributed by atoms with Crippen LogP contribution in [0, 0.1) is 5.92 Å². The minimum absolute atomic E-state index is 0.811. The summed E-state index contributed by atoms with van der Waals surface area (Å²) >= 11 is 1.85. The van der Waals surface area contributed by atoms with Crippen molar-refractivity contribution in [2.75, 3.05) is 26.5 Å². The van der Waals surface area contributed by atoms with E-state index in [1.165, 1.54) is 48.4 Å². The van der Waals surface area contributed by atoms with Crippen molar-refractivity contribution in [2.45, 2.75) is 30.7 Å². The number of ether oxygens (including phenoxy) is 1. The molecule has 2 nitrogen and oxygen atoms in total. The number of hydrogen-bond acceptors (Lipinski definition) is 3. The average Bonchev–Trinajstić information content (AvgIpc) is 2.64. The van der Waals surface area contributed by atoms with Gasteiger partial charge in [0.05, 0.1) is 7.11 Å². The highest BCUT2D eigenvalue weighted by molar-refractivity contribution is 7.98. The van der Waals surface area contributed by atoms with Gasteiger partial charge in [-0.3, -0.25) is 4.90 Å². The van der Waals surface area contributed by atoms with Crippen LogP contribution in [0.25, 0.3) is 0 Å². The second kappa shape index (κ2) is 8.59. The topological polar surface area (TPSA) is 12.5 Å². The molecule has 128 valence electrons. The molecule has 2 aromatic rings. The summed E-state index contributed by atoms with van der Waals surface area (Å²) in [5.41, 5.74) is 2.90. The number of rotatable bonds is 6. The molecule has 0 spiro atoms. The maximum Gasteiger partial charge on any atom is 0.118 e. The van der Waals surface area contributed by atoms with E-state index < -0.39 is 0 Å². The number of likely N-dealkylation sites (tertiary alicyclic amines) is 1. The molecule has 1 fully saturated rings. The fourth-order valence-corrected chi connectivity index (χ4v) is 4.13. The van der Waals surface area contributed by atoms with Crippen LogP contribution in [0.4, 0.5) is 0 Å². The van der Waals surface area contributed by atoms with Gasteiger partial charge in [-0.1, -0.05) is 30.3 Å². The zero-order valence-electron chi connectivity index (χ0n) is 14.7. The van der Waals surface area contributed by atoms with Crippen molar-refractivity contribution in [1.82, 2.24) is 4.90 Å². The lowest BCUT2D eigenvalue weighted by Crippen LogP contribution is -2.34.